The lowest BCUT2D eigenvalue weighted by molar-refractivity contribution is -0.126. The second-order valence-corrected chi connectivity index (χ2v) is 4.65. The molecule has 20 heavy (non-hydrogen) atoms. The summed E-state index contributed by atoms with van der Waals surface area (Å²) in [6.45, 7) is 4.33. The predicted molar refractivity (Wildman–Crippen MR) is 78.3 cm³/mol. The second kappa shape index (κ2) is 7.48. The quantitative estimate of drug-likeness (QED) is 0.613. The number of methoxy groups -OCH3 is 1. The van der Waals surface area contributed by atoms with E-state index >= 15 is 0 Å². The first-order valence-electron chi connectivity index (χ1n) is 6.59. The summed E-state index contributed by atoms with van der Waals surface area (Å²) in [4.78, 5) is 25.0. The van der Waals surface area contributed by atoms with E-state index in [9.17, 15) is 9.59 Å². The SMILES string of the molecule is CCC=C(C)C(=O)N(C)Cc1ccc(C(=O)OC)cc1. The van der Waals surface area contributed by atoms with E-state index in [1.807, 2.05) is 32.1 Å². The average Bonchev–Trinajstić information content (AvgIpc) is 2.46. The molecule has 0 radical (unpaired) electrons. The van der Waals surface area contributed by atoms with Crippen molar-refractivity contribution in [1.29, 1.82) is 0 Å². The molecule has 4 nitrogen and oxygen atoms in total. The minimum Gasteiger partial charge on any atom is -0.465 e. The molecule has 0 bridgehead atoms. The van der Waals surface area contributed by atoms with Crippen molar-refractivity contribution in [3.05, 3.63) is 47.0 Å². The van der Waals surface area contributed by atoms with Gasteiger partial charge in [-0.1, -0.05) is 25.1 Å². The van der Waals surface area contributed by atoms with Crippen LogP contribution >= 0.6 is 0 Å². The number of allylic oxidation sites excluding steroid dienone is 1. The number of likely N-dealkylation sites (N-methyl/N-ethyl adjacent to an activating group) is 1. The number of benzene rings is 1. The third kappa shape index (κ3) is 4.23. The van der Waals surface area contributed by atoms with Gasteiger partial charge < -0.3 is 9.64 Å². The molecular weight excluding hydrogens is 254 g/mol. The van der Waals surface area contributed by atoms with Crippen LogP contribution in [-0.2, 0) is 16.1 Å². The van der Waals surface area contributed by atoms with Crippen LogP contribution in [0.5, 0.6) is 0 Å². The molecular formula is C16H21NO3. The van der Waals surface area contributed by atoms with Crippen LogP contribution in [0.3, 0.4) is 0 Å². The maximum atomic E-state index is 12.0. The Morgan fingerprint density at radius 1 is 1.25 bits per heavy atom. The van der Waals surface area contributed by atoms with Crippen molar-refractivity contribution < 1.29 is 14.3 Å². The molecule has 0 aliphatic carbocycles. The number of nitrogens with zero attached hydrogens (tertiary/aromatic N) is 1. The van der Waals surface area contributed by atoms with Crippen LogP contribution in [0.4, 0.5) is 0 Å². The van der Waals surface area contributed by atoms with Gasteiger partial charge in [-0.2, -0.15) is 0 Å². The Morgan fingerprint density at radius 2 is 1.85 bits per heavy atom. The van der Waals surface area contributed by atoms with Gasteiger partial charge in [-0.05, 0) is 31.0 Å². The molecule has 0 atom stereocenters. The van der Waals surface area contributed by atoms with E-state index < -0.39 is 0 Å². The summed E-state index contributed by atoms with van der Waals surface area (Å²) < 4.78 is 4.64. The molecule has 1 rings (SSSR count). The summed E-state index contributed by atoms with van der Waals surface area (Å²) in [5.41, 5.74) is 2.23. The van der Waals surface area contributed by atoms with Gasteiger partial charge in [0.25, 0.3) is 0 Å². The lowest BCUT2D eigenvalue weighted by Crippen LogP contribution is -2.26. The van der Waals surface area contributed by atoms with Crippen molar-refractivity contribution in [3.63, 3.8) is 0 Å². The zero-order valence-corrected chi connectivity index (χ0v) is 12.5. The van der Waals surface area contributed by atoms with Gasteiger partial charge in [-0.25, -0.2) is 4.79 Å². The first kappa shape index (κ1) is 16.0. The molecule has 0 N–H and O–H groups in total. The molecule has 0 aliphatic rings. The first-order valence-corrected chi connectivity index (χ1v) is 6.59. The van der Waals surface area contributed by atoms with Gasteiger partial charge in [0.15, 0.2) is 0 Å². The van der Waals surface area contributed by atoms with Crippen LogP contribution in [-0.4, -0.2) is 30.9 Å². The number of esters is 1. The summed E-state index contributed by atoms with van der Waals surface area (Å²) in [5.74, 6) is -0.341. The van der Waals surface area contributed by atoms with Crippen molar-refractivity contribution in [2.75, 3.05) is 14.2 Å². The topological polar surface area (TPSA) is 46.6 Å². The van der Waals surface area contributed by atoms with Crippen molar-refractivity contribution in [2.24, 2.45) is 0 Å². The van der Waals surface area contributed by atoms with E-state index in [0.29, 0.717) is 12.1 Å². The van der Waals surface area contributed by atoms with E-state index in [4.69, 9.17) is 0 Å². The Bertz CT molecular complexity index is 503. The molecule has 4 heteroatoms. The van der Waals surface area contributed by atoms with Crippen LogP contribution < -0.4 is 0 Å². The number of hydrogen-bond donors (Lipinski definition) is 0. The number of carbonyl (C=O) groups is 2. The Hall–Kier alpha value is -2.10. The molecule has 0 aromatic heterocycles. The predicted octanol–water partition coefficient (Wildman–Crippen LogP) is 2.79. The number of amides is 1. The van der Waals surface area contributed by atoms with Crippen LogP contribution in [0.15, 0.2) is 35.9 Å². The number of rotatable bonds is 5. The third-order valence-electron chi connectivity index (χ3n) is 2.99. The summed E-state index contributed by atoms with van der Waals surface area (Å²) >= 11 is 0. The standard InChI is InChI=1S/C16H21NO3/c1-5-6-12(2)15(18)17(3)11-13-7-9-14(10-8-13)16(19)20-4/h6-10H,5,11H2,1-4H3. The molecule has 108 valence electrons. The Balaban J connectivity index is 2.71. The zero-order chi connectivity index (χ0) is 15.1. The normalized spacial score (nSPS) is 11.1. The molecule has 0 saturated carbocycles. The summed E-state index contributed by atoms with van der Waals surface area (Å²) in [7, 11) is 3.12. The van der Waals surface area contributed by atoms with Crippen LogP contribution in [0.25, 0.3) is 0 Å². The first-order chi connectivity index (χ1) is 9.49. The molecule has 0 saturated heterocycles. The number of hydrogen-bond acceptors (Lipinski definition) is 3. The van der Waals surface area contributed by atoms with E-state index in [0.717, 1.165) is 17.6 Å². The van der Waals surface area contributed by atoms with Crippen molar-refractivity contribution in [3.8, 4) is 0 Å². The van der Waals surface area contributed by atoms with Gasteiger partial charge in [0.1, 0.15) is 0 Å². The van der Waals surface area contributed by atoms with Crippen molar-refractivity contribution in [1.82, 2.24) is 4.90 Å². The van der Waals surface area contributed by atoms with E-state index in [2.05, 4.69) is 4.74 Å². The van der Waals surface area contributed by atoms with Crippen molar-refractivity contribution >= 4 is 11.9 Å². The fraction of sp³-hybridized carbons (Fsp3) is 0.375. The maximum absolute atomic E-state index is 12.0. The van der Waals surface area contributed by atoms with Gasteiger partial charge in [0, 0.05) is 19.2 Å². The highest BCUT2D eigenvalue weighted by atomic mass is 16.5. The Labute approximate surface area is 120 Å². The van der Waals surface area contributed by atoms with Crippen molar-refractivity contribution in [2.45, 2.75) is 26.8 Å². The van der Waals surface area contributed by atoms with Crippen LogP contribution in [0.2, 0.25) is 0 Å². The third-order valence-corrected chi connectivity index (χ3v) is 2.99. The molecule has 1 aromatic rings. The Morgan fingerprint density at radius 3 is 2.35 bits per heavy atom. The van der Waals surface area contributed by atoms with Gasteiger partial charge in [0.05, 0.1) is 12.7 Å². The molecule has 0 spiro atoms. The Kier molecular flexibility index (Phi) is 5.97. The largest absolute Gasteiger partial charge is 0.465 e. The monoisotopic (exact) mass is 275 g/mol. The summed E-state index contributed by atoms with van der Waals surface area (Å²) in [5, 5.41) is 0. The molecule has 0 fully saturated rings. The van der Waals surface area contributed by atoms with Gasteiger partial charge >= 0.3 is 5.97 Å². The van der Waals surface area contributed by atoms with Gasteiger partial charge in [-0.3, -0.25) is 4.79 Å². The molecule has 1 aromatic carbocycles. The van der Waals surface area contributed by atoms with Gasteiger partial charge in [0.2, 0.25) is 5.91 Å². The molecule has 0 unspecified atom stereocenters. The maximum Gasteiger partial charge on any atom is 0.337 e. The van der Waals surface area contributed by atoms with E-state index in [1.165, 1.54) is 7.11 Å². The minimum atomic E-state index is -0.359. The fourth-order valence-electron chi connectivity index (χ4n) is 1.90. The molecule has 0 heterocycles. The molecule has 1 amide bonds. The number of carbonyl (C=O) groups excluding carboxylic acids is 2. The highest BCUT2D eigenvalue weighted by Crippen LogP contribution is 2.10. The second-order valence-electron chi connectivity index (χ2n) is 4.65. The smallest absolute Gasteiger partial charge is 0.337 e. The van der Waals surface area contributed by atoms with Gasteiger partial charge in [-0.15, -0.1) is 0 Å². The molecule has 0 aliphatic heterocycles. The highest BCUT2D eigenvalue weighted by Gasteiger charge is 2.11. The van der Waals surface area contributed by atoms with E-state index in [-0.39, 0.29) is 11.9 Å². The summed E-state index contributed by atoms with van der Waals surface area (Å²) in [6.07, 6.45) is 2.76. The lowest BCUT2D eigenvalue weighted by Gasteiger charge is -2.17. The van der Waals surface area contributed by atoms with E-state index in [1.54, 1.807) is 24.1 Å². The minimum absolute atomic E-state index is 0.0175. The fourth-order valence-corrected chi connectivity index (χ4v) is 1.90. The van der Waals surface area contributed by atoms with Crippen LogP contribution in [0.1, 0.15) is 36.2 Å². The summed E-state index contributed by atoms with van der Waals surface area (Å²) in [6, 6.07) is 7.06. The van der Waals surface area contributed by atoms with Crippen LogP contribution in [0, 0.1) is 0 Å². The zero-order valence-electron chi connectivity index (χ0n) is 12.5. The highest BCUT2D eigenvalue weighted by molar-refractivity contribution is 5.92. The number of ether oxygens (including phenoxy) is 1. The average molecular weight is 275 g/mol. The lowest BCUT2D eigenvalue weighted by atomic mass is 10.1.